The lowest BCUT2D eigenvalue weighted by Crippen LogP contribution is -2.43. The minimum atomic E-state index is 0.339. The second-order valence-corrected chi connectivity index (χ2v) is 6.57. The second kappa shape index (κ2) is 4.42. The molecule has 2 unspecified atom stereocenters. The Labute approximate surface area is 106 Å². The summed E-state index contributed by atoms with van der Waals surface area (Å²) in [5.74, 6) is 0.722. The molecule has 0 amide bonds. The zero-order chi connectivity index (χ0) is 10.9. The number of hydrogen-bond donors (Lipinski definition) is 0. The summed E-state index contributed by atoms with van der Waals surface area (Å²) >= 11 is 2.67. The van der Waals surface area contributed by atoms with Gasteiger partial charge in [-0.05, 0) is 31.5 Å². The Morgan fingerprint density at radius 3 is 2.60 bits per heavy atom. The summed E-state index contributed by atoms with van der Waals surface area (Å²) in [4.78, 5) is 2.44. The third-order valence-corrected chi connectivity index (χ3v) is 5.70. The molecular formula is C13H18IN. The van der Waals surface area contributed by atoms with Crippen molar-refractivity contribution in [2.75, 3.05) is 20.1 Å². The molecule has 1 heterocycles. The van der Waals surface area contributed by atoms with E-state index in [0.29, 0.717) is 3.42 Å². The number of benzene rings is 1. The number of alkyl halides is 1. The molecule has 1 aliphatic rings. The van der Waals surface area contributed by atoms with Crippen molar-refractivity contribution < 1.29 is 0 Å². The molecule has 0 aromatic heterocycles. The van der Waals surface area contributed by atoms with Crippen LogP contribution in [0.25, 0.3) is 0 Å². The van der Waals surface area contributed by atoms with Crippen LogP contribution in [0.5, 0.6) is 0 Å². The fourth-order valence-corrected chi connectivity index (χ4v) is 3.25. The molecule has 1 saturated heterocycles. The van der Waals surface area contributed by atoms with Gasteiger partial charge in [-0.25, -0.2) is 0 Å². The standard InChI is InChI=1S/C13H18IN/c1-11-10-15(2)9-8-13(11,14)12-6-4-3-5-7-12/h3-7,11H,8-10H2,1-2H3. The third-order valence-electron chi connectivity index (χ3n) is 3.48. The first-order valence-electron chi connectivity index (χ1n) is 5.56. The van der Waals surface area contributed by atoms with Gasteiger partial charge in [-0.3, -0.25) is 0 Å². The van der Waals surface area contributed by atoms with E-state index in [1.54, 1.807) is 0 Å². The van der Waals surface area contributed by atoms with Crippen LogP contribution in [0.2, 0.25) is 0 Å². The van der Waals surface area contributed by atoms with E-state index in [1.165, 1.54) is 25.1 Å². The summed E-state index contributed by atoms with van der Waals surface area (Å²) in [6, 6.07) is 11.0. The number of hydrogen-bond acceptors (Lipinski definition) is 1. The Morgan fingerprint density at radius 2 is 2.00 bits per heavy atom. The van der Waals surface area contributed by atoms with E-state index in [-0.39, 0.29) is 0 Å². The van der Waals surface area contributed by atoms with E-state index < -0.39 is 0 Å². The highest BCUT2D eigenvalue weighted by atomic mass is 127. The maximum Gasteiger partial charge on any atom is 0.0520 e. The molecule has 0 radical (unpaired) electrons. The SMILES string of the molecule is CC1CN(C)CCC1(I)c1ccccc1. The van der Waals surface area contributed by atoms with Crippen molar-refractivity contribution >= 4 is 22.6 Å². The Morgan fingerprint density at radius 1 is 1.33 bits per heavy atom. The van der Waals surface area contributed by atoms with Crippen LogP contribution < -0.4 is 0 Å². The van der Waals surface area contributed by atoms with Gasteiger partial charge in [0, 0.05) is 6.54 Å². The van der Waals surface area contributed by atoms with Crippen LogP contribution in [0.15, 0.2) is 30.3 Å². The van der Waals surface area contributed by atoms with E-state index in [4.69, 9.17) is 0 Å². The summed E-state index contributed by atoms with van der Waals surface area (Å²) in [5.41, 5.74) is 1.49. The van der Waals surface area contributed by atoms with Crippen molar-refractivity contribution in [1.82, 2.24) is 4.90 Å². The topological polar surface area (TPSA) is 3.24 Å². The van der Waals surface area contributed by atoms with Crippen LogP contribution in [0.3, 0.4) is 0 Å². The predicted octanol–water partition coefficient (Wildman–Crippen LogP) is 3.29. The molecule has 1 fully saturated rings. The summed E-state index contributed by atoms with van der Waals surface area (Å²) in [6.07, 6.45) is 1.26. The minimum Gasteiger partial charge on any atom is -0.306 e. The first kappa shape index (κ1) is 11.4. The molecule has 0 aliphatic carbocycles. The largest absolute Gasteiger partial charge is 0.306 e. The number of piperidine rings is 1. The van der Waals surface area contributed by atoms with E-state index in [9.17, 15) is 0 Å². The molecule has 2 heteroatoms. The number of halogens is 1. The molecule has 0 N–H and O–H groups in total. The normalized spacial score (nSPS) is 32.9. The van der Waals surface area contributed by atoms with Gasteiger partial charge in [0.15, 0.2) is 0 Å². The summed E-state index contributed by atoms with van der Waals surface area (Å²) in [5, 5.41) is 0. The lowest BCUT2D eigenvalue weighted by molar-refractivity contribution is 0.186. The van der Waals surface area contributed by atoms with Crippen LogP contribution in [0, 0.1) is 5.92 Å². The van der Waals surface area contributed by atoms with Crippen molar-refractivity contribution in [3.05, 3.63) is 35.9 Å². The van der Waals surface area contributed by atoms with E-state index in [0.717, 1.165) is 5.92 Å². The number of rotatable bonds is 1. The molecule has 0 bridgehead atoms. The van der Waals surface area contributed by atoms with Crippen molar-refractivity contribution in [3.63, 3.8) is 0 Å². The van der Waals surface area contributed by atoms with Crippen molar-refractivity contribution in [1.29, 1.82) is 0 Å². The highest BCUT2D eigenvalue weighted by molar-refractivity contribution is 14.1. The predicted molar refractivity (Wildman–Crippen MR) is 73.4 cm³/mol. The van der Waals surface area contributed by atoms with Gasteiger partial charge in [-0.2, -0.15) is 0 Å². The smallest absolute Gasteiger partial charge is 0.0520 e. The Balaban J connectivity index is 2.27. The molecule has 1 aromatic carbocycles. The van der Waals surface area contributed by atoms with Crippen LogP contribution >= 0.6 is 22.6 Å². The zero-order valence-electron chi connectivity index (χ0n) is 9.41. The molecule has 0 spiro atoms. The van der Waals surface area contributed by atoms with Gasteiger partial charge < -0.3 is 4.90 Å². The van der Waals surface area contributed by atoms with Gasteiger partial charge in [0.1, 0.15) is 0 Å². The van der Waals surface area contributed by atoms with Crippen LogP contribution in [0.1, 0.15) is 18.9 Å². The first-order valence-corrected chi connectivity index (χ1v) is 6.64. The Bertz CT molecular complexity index is 325. The van der Waals surface area contributed by atoms with Crippen LogP contribution in [-0.2, 0) is 3.42 Å². The molecule has 2 rings (SSSR count). The molecular weight excluding hydrogens is 297 g/mol. The maximum absolute atomic E-state index is 2.67. The Kier molecular flexibility index (Phi) is 3.36. The summed E-state index contributed by atoms with van der Waals surface area (Å²) in [7, 11) is 2.22. The molecule has 1 aromatic rings. The fraction of sp³-hybridized carbons (Fsp3) is 0.538. The first-order chi connectivity index (χ1) is 7.13. The lowest BCUT2D eigenvalue weighted by atomic mass is 9.81. The van der Waals surface area contributed by atoms with Gasteiger partial charge in [-0.15, -0.1) is 0 Å². The molecule has 82 valence electrons. The lowest BCUT2D eigenvalue weighted by Gasteiger charge is -2.42. The van der Waals surface area contributed by atoms with Crippen molar-refractivity contribution in [2.45, 2.75) is 16.8 Å². The van der Waals surface area contributed by atoms with E-state index in [1.807, 2.05) is 0 Å². The fourth-order valence-electron chi connectivity index (χ4n) is 2.45. The van der Waals surface area contributed by atoms with E-state index >= 15 is 0 Å². The van der Waals surface area contributed by atoms with Crippen molar-refractivity contribution in [2.24, 2.45) is 5.92 Å². The zero-order valence-corrected chi connectivity index (χ0v) is 11.6. The maximum atomic E-state index is 2.67. The van der Waals surface area contributed by atoms with Gasteiger partial charge in [0.05, 0.1) is 3.42 Å². The molecule has 1 aliphatic heterocycles. The molecule has 2 atom stereocenters. The molecule has 0 saturated carbocycles. The van der Waals surface area contributed by atoms with Gasteiger partial charge in [0.2, 0.25) is 0 Å². The monoisotopic (exact) mass is 315 g/mol. The van der Waals surface area contributed by atoms with Gasteiger partial charge in [-0.1, -0.05) is 59.8 Å². The van der Waals surface area contributed by atoms with Crippen molar-refractivity contribution in [3.8, 4) is 0 Å². The second-order valence-electron chi connectivity index (χ2n) is 4.64. The third kappa shape index (κ3) is 2.21. The number of likely N-dealkylation sites (tertiary alicyclic amines) is 1. The van der Waals surface area contributed by atoms with Gasteiger partial charge in [0.25, 0.3) is 0 Å². The average Bonchev–Trinajstić information content (AvgIpc) is 2.25. The number of nitrogens with zero attached hydrogens (tertiary/aromatic N) is 1. The minimum absolute atomic E-state index is 0.339. The van der Waals surface area contributed by atoms with E-state index in [2.05, 4.69) is 71.8 Å². The van der Waals surface area contributed by atoms with Crippen LogP contribution in [-0.4, -0.2) is 25.0 Å². The average molecular weight is 315 g/mol. The highest BCUT2D eigenvalue weighted by Gasteiger charge is 2.38. The molecule has 15 heavy (non-hydrogen) atoms. The highest BCUT2D eigenvalue weighted by Crippen LogP contribution is 2.45. The van der Waals surface area contributed by atoms with Gasteiger partial charge >= 0.3 is 0 Å². The quantitative estimate of drug-likeness (QED) is 0.568. The summed E-state index contributed by atoms with van der Waals surface area (Å²) in [6.45, 7) is 4.79. The van der Waals surface area contributed by atoms with Crippen LogP contribution in [0.4, 0.5) is 0 Å². The molecule has 1 nitrogen and oxygen atoms in total. The Hall–Kier alpha value is -0.0900. The summed E-state index contributed by atoms with van der Waals surface area (Å²) < 4.78 is 0.339.